The summed E-state index contributed by atoms with van der Waals surface area (Å²) in [5.41, 5.74) is 2.13. The Morgan fingerprint density at radius 2 is 1.90 bits per heavy atom. The van der Waals surface area contributed by atoms with Crippen LogP contribution in [0.2, 0.25) is 0 Å². The molecule has 1 amide bonds. The van der Waals surface area contributed by atoms with Gasteiger partial charge in [-0.2, -0.15) is 0 Å². The van der Waals surface area contributed by atoms with Crippen LogP contribution >= 0.6 is 15.9 Å². The minimum absolute atomic E-state index is 0.104. The largest absolute Gasteiger partial charge is 0.493 e. The molecule has 21 heavy (non-hydrogen) atoms. The highest BCUT2D eigenvalue weighted by atomic mass is 79.9. The van der Waals surface area contributed by atoms with Gasteiger partial charge in [-0.25, -0.2) is 0 Å². The Morgan fingerprint density at radius 3 is 2.67 bits per heavy atom. The van der Waals surface area contributed by atoms with Crippen molar-refractivity contribution in [1.82, 2.24) is 0 Å². The van der Waals surface area contributed by atoms with Crippen molar-refractivity contribution in [3.8, 4) is 5.75 Å². The van der Waals surface area contributed by atoms with Crippen LogP contribution in [0.1, 0.15) is 37.7 Å². The lowest BCUT2D eigenvalue weighted by atomic mass is 9.83. The molecule has 1 N–H and O–H groups in total. The van der Waals surface area contributed by atoms with Gasteiger partial charge in [0.1, 0.15) is 5.75 Å². The lowest BCUT2D eigenvalue weighted by Crippen LogP contribution is -2.21. The molecular formula is C17H22BrNO2. The van der Waals surface area contributed by atoms with Gasteiger partial charge < -0.3 is 10.1 Å². The molecule has 1 aliphatic heterocycles. The molecule has 2 aliphatic rings. The van der Waals surface area contributed by atoms with Crippen LogP contribution in [-0.4, -0.2) is 17.8 Å². The quantitative estimate of drug-likeness (QED) is 0.827. The molecule has 4 heteroatoms. The van der Waals surface area contributed by atoms with Crippen LogP contribution in [0.3, 0.4) is 0 Å². The summed E-state index contributed by atoms with van der Waals surface area (Å²) in [7, 11) is 0. The predicted octanol–water partition coefficient (Wildman–Crippen LogP) is 4.15. The zero-order valence-electron chi connectivity index (χ0n) is 12.2. The van der Waals surface area contributed by atoms with Gasteiger partial charge in [0, 0.05) is 23.5 Å². The Labute approximate surface area is 134 Å². The molecule has 0 radical (unpaired) electrons. The van der Waals surface area contributed by atoms with E-state index >= 15 is 0 Å². The van der Waals surface area contributed by atoms with Crippen molar-refractivity contribution in [2.24, 2.45) is 11.8 Å². The van der Waals surface area contributed by atoms with Gasteiger partial charge >= 0.3 is 0 Å². The molecule has 1 aromatic carbocycles. The molecule has 0 saturated heterocycles. The number of hydrogen-bond donors (Lipinski definition) is 1. The first kappa shape index (κ1) is 14.9. The Morgan fingerprint density at radius 1 is 1.14 bits per heavy atom. The average Bonchev–Trinajstić information content (AvgIpc) is 2.53. The van der Waals surface area contributed by atoms with Crippen molar-refractivity contribution >= 4 is 27.5 Å². The number of alkyl halides is 1. The van der Waals surface area contributed by atoms with Gasteiger partial charge in [0.25, 0.3) is 0 Å². The van der Waals surface area contributed by atoms with E-state index in [1.165, 1.54) is 31.2 Å². The zero-order valence-corrected chi connectivity index (χ0v) is 13.8. The fourth-order valence-corrected chi connectivity index (χ4v) is 3.85. The van der Waals surface area contributed by atoms with Gasteiger partial charge in [0.15, 0.2) is 0 Å². The lowest BCUT2D eigenvalue weighted by Gasteiger charge is -2.27. The fourth-order valence-electron chi connectivity index (χ4n) is 3.21. The van der Waals surface area contributed by atoms with Gasteiger partial charge in [-0.3, -0.25) is 4.79 Å². The zero-order chi connectivity index (χ0) is 14.7. The maximum atomic E-state index is 11.4. The van der Waals surface area contributed by atoms with E-state index in [2.05, 4.69) is 27.3 Å². The highest BCUT2D eigenvalue weighted by Crippen LogP contribution is 2.31. The molecule has 3 rings (SSSR count). The van der Waals surface area contributed by atoms with Crippen molar-refractivity contribution < 1.29 is 9.53 Å². The van der Waals surface area contributed by atoms with E-state index in [0.717, 1.165) is 35.7 Å². The summed E-state index contributed by atoms with van der Waals surface area (Å²) in [6.07, 6.45) is 6.55. The molecule has 1 fully saturated rings. The molecule has 0 bridgehead atoms. The number of anilines is 1. The van der Waals surface area contributed by atoms with Crippen LogP contribution in [0.5, 0.6) is 5.75 Å². The second kappa shape index (κ2) is 6.82. The van der Waals surface area contributed by atoms with E-state index in [1.54, 1.807) is 0 Å². The van der Waals surface area contributed by atoms with Crippen molar-refractivity contribution in [3.63, 3.8) is 0 Å². The molecule has 1 heterocycles. The number of nitrogens with one attached hydrogen (secondary N) is 1. The minimum atomic E-state index is 0.104. The molecule has 0 atom stereocenters. The molecule has 0 spiro atoms. The molecule has 0 aromatic heterocycles. The van der Waals surface area contributed by atoms with Crippen LogP contribution in [0.4, 0.5) is 5.69 Å². The maximum Gasteiger partial charge on any atom is 0.224 e. The number of amides is 1. The number of benzene rings is 1. The Hall–Kier alpha value is -1.03. The Balaban J connectivity index is 1.54. The van der Waals surface area contributed by atoms with Crippen molar-refractivity contribution in [1.29, 1.82) is 0 Å². The fraction of sp³-hybridized carbons (Fsp3) is 0.588. The van der Waals surface area contributed by atoms with Crippen molar-refractivity contribution in [2.45, 2.75) is 38.5 Å². The number of fused-ring (bicyclic) bond motifs is 1. The molecular weight excluding hydrogens is 330 g/mol. The van der Waals surface area contributed by atoms with Gasteiger partial charge in [-0.05, 0) is 55.6 Å². The lowest BCUT2D eigenvalue weighted by molar-refractivity contribution is -0.116. The third kappa shape index (κ3) is 3.79. The second-order valence-electron chi connectivity index (χ2n) is 6.22. The summed E-state index contributed by atoms with van der Waals surface area (Å²) in [5, 5.41) is 4.06. The monoisotopic (exact) mass is 351 g/mol. The highest BCUT2D eigenvalue weighted by Gasteiger charge is 2.21. The van der Waals surface area contributed by atoms with Gasteiger partial charge in [0.05, 0.1) is 6.61 Å². The third-order valence-corrected chi connectivity index (χ3v) is 5.56. The first-order chi connectivity index (χ1) is 10.2. The standard InChI is InChI=1S/C17H22BrNO2/c18-10-12-1-3-13(4-2-12)11-21-15-7-5-14-6-8-17(20)19-16(14)9-15/h5,7,9,12-13H,1-4,6,8,10-11H2,(H,19,20). The molecule has 1 aromatic rings. The maximum absolute atomic E-state index is 11.4. The van der Waals surface area contributed by atoms with Gasteiger partial charge in [0.2, 0.25) is 5.91 Å². The van der Waals surface area contributed by atoms with Crippen LogP contribution < -0.4 is 10.1 Å². The minimum Gasteiger partial charge on any atom is -0.493 e. The normalized spacial score (nSPS) is 25.1. The molecule has 114 valence electrons. The summed E-state index contributed by atoms with van der Waals surface area (Å²) in [5.74, 6) is 2.50. The summed E-state index contributed by atoms with van der Waals surface area (Å²) in [4.78, 5) is 11.4. The number of aryl methyl sites for hydroxylation is 1. The average molecular weight is 352 g/mol. The number of carbonyl (C=O) groups is 1. The highest BCUT2D eigenvalue weighted by molar-refractivity contribution is 9.09. The molecule has 1 aliphatic carbocycles. The van der Waals surface area contributed by atoms with E-state index < -0.39 is 0 Å². The van der Waals surface area contributed by atoms with E-state index in [9.17, 15) is 4.79 Å². The third-order valence-electron chi connectivity index (χ3n) is 4.65. The van der Waals surface area contributed by atoms with E-state index in [1.807, 2.05) is 12.1 Å². The van der Waals surface area contributed by atoms with Crippen LogP contribution in [0.25, 0.3) is 0 Å². The van der Waals surface area contributed by atoms with E-state index in [-0.39, 0.29) is 5.91 Å². The van der Waals surface area contributed by atoms with Crippen LogP contribution in [-0.2, 0) is 11.2 Å². The number of carbonyl (C=O) groups excluding carboxylic acids is 1. The van der Waals surface area contributed by atoms with E-state index in [0.29, 0.717) is 12.3 Å². The summed E-state index contributed by atoms with van der Waals surface area (Å²) >= 11 is 3.58. The molecule has 0 unspecified atom stereocenters. The number of ether oxygens (including phenoxy) is 1. The number of rotatable bonds is 4. The summed E-state index contributed by atoms with van der Waals surface area (Å²) in [6, 6.07) is 6.07. The Bertz CT molecular complexity index is 510. The smallest absolute Gasteiger partial charge is 0.224 e. The first-order valence-electron chi connectivity index (χ1n) is 7.86. The van der Waals surface area contributed by atoms with Crippen molar-refractivity contribution in [3.05, 3.63) is 23.8 Å². The number of hydrogen-bond acceptors (Lipinski definition) is 2. The predicted molar refractivity (Wildman–Crippen MR) is 88.1 cm³/mol. The van der Waals surface area contributed by atoms with E-state index in [4.69, 9.17) is 4.74 Å². The van der Waals surface area contributed by atoms with Crippen LogP contribution in [0, 0.1) is 11.8 Å². The van der Waals surface area contributed by atoms with Gasteiger partial charge in [-0.15, -0.1) is 0 Å². The molecule has 1 saturated carbocycles. The summed E-state index contributed by atoms with van der Waals surface area (Å²) in [6.45, 7) is 0.793. The topological polar surface area (TPSA) is 38.3 Å². The van der Waals surface area contributed by atoms with Gasteiger partial charge in [-0.1, -0.05) is 22.0 Å². The van der Waals surface area contributed by atoms with Crippen LogP contribution in [0.15, 0.2) is 18.2 Å². The summed E-state index contributed by atoms with van der Waals surface area (Å²) < 4.78 is 5.95. The Kier molecular flexibility index (Phi) is 4.84. The molecule has 3 nitrogen and oxygen atoms in total. The SMILES string of the molecule is O=C1CCc2ccc(OCC3CCC(CBr)CC3)cc2N1. The number of halogens is 1. The second-order valence-corrected chi connectivity index (χ2v) is 6.87. The first-order valence-corrected chi connectivity index (χ1v) is 8.98. The van der Waals surface area contributed by atoms with Crippen molar-refractivity contribution in [2.75, 3.05) is 17.3 Å².